The third-order valence-corrected chi connectivity index (χ3v) is 3.20. The Bertz CT molecular complexity index is 441. The third kappa shape index (κ3) is 2.30. The molecule has 0 amide bonds. The Morgan fingerprint density at radius 3 is 2.94 bits per heavy atom. The lowest BCUT2D eigenvalue weighted by atomic mass is 10.2. The summed E-state index contributed by atoms with van der Waals surface area (Å²) in [5.41, 5.74) is 6.50. The molecule has 0 aliphatic carbocycles. The molecule has 0 saturated heterocycles. The van der Waals surface area contributed by atoms with Gasteiger partial charge in [0, 0.05) is 17.8 Å². The molecule has 2 aromatic heterocycles. The normalized spacial score (nSPS) is 12.3. The fourth-order valence-electron chi connectivity index (χ4n) is 1.45. The number of nitrogen functional groups attached to an aromatic ring is 1. The predicted octanol–water partition coefficient (Wildman–Crippen LogP) is 2.68. The van der Waals surface area contributed by atoms with Gasteiger partial charge in [-0.2, -0.15) is 0 Å². The Labute approximate surface area is 98.6 Å². The summed E-state index contributed by atoms with van der Waals surface area (Å²) in [6.45, 7) is 2.11. The fraction of sp³-hybridized carbons (Fsp3) is 0.273. The first-order valence-electron chi connectivity index (χ1n) is 5.17. The highest BCUT2D eigenvalue weighted by Crippen LogP contribution is 2.25. The molecule has 0 aliphatic heterocycles. The van der Waals surface area contributed by atoms with Gasteiger partial charge in [0.1, 0.15) is 10.8 Å². The summed E-state index contributed by atoms with van der Waals surface area (Å²) in [5.74, 6) is 0.726. The monoisotopic (exact) mass is 234 g/mol. The highest BCUT2D eigenvalue weighted by molar-refractivity contribution is 7.09. The molecule has 0 spiro atoms. The van der Waals surface area contributed by atoms with Crippen molar-refractivity contribution in [3.63, 3.8) is 0 Å². The van der Waals surface area contributed by atoms with Crippen molar-refractivity contribution < 1.29 is 0 Å². The zero-order chi connectivity index (χ0) is 11.4. The predicted molar refractivity (Wildman–Crippen MR) is 67.4 cm³/mol. The van der Waals surface area contributed by atoms with Crippen molar-refractivity contribution >= 4 is 22.8 Å². The van der Waals surface area contributed by atoms with Gasteiger partial charge >= 0.3 is 0 Å². The largest absolute Gasteiger partial charge is 0.396 e. The van der Waals surface area contributed by atoms with E-state index < -0.39 is 0 Å². The second-order valence-electron chi connectivity index (χ2n) is 3.42. The maximum absolute atomic E-state index is 5.83. The van der Waals surface area contributed by atoms with E-state index in [1.807, 2.05) is 23.7 Å². The van der Waals surface area contributed by atoms with Gasteiger partial charge in [0.2, 0.25) is 0 Å². The van der Waals surface area contributed by atoms with Gasteiger partial charge in [-0.25, -0.2) is 9.97 Å². The van der Waals surface area contributed by atoms with Gasteiger partial charge in [0.15, 0.2) is 0 Å². The third-order valence-electron chi connectivity index (χ3n) is 2.31. The number of pyridine rings is 1. The molecule has 0 saturated carbocycles. The van der Waals surface area contributed by atoms with E-state index in [0.29, 0.717) is 5.69 Å². The molecule has 1 atom stereocenters. The molecule has 5 heteroatoms. The van der Waals surface area contributed by atoms with Crippen LogP contribution in [-0.4, -0.2) is 9.97 Å². The second-order valence-corrected chi connectivity index (χ2v) is 4.34. The van der Waals surface area contributed by atoms with Crippen LogP contribution in [0.25, 0.3) is 0 Å². The van der Waals surface area contributed by atoms with E-state index in [1.54, 1.807) is 17.5 Å². The van der Waals surface area contributed by atoms with Crippen LogP contribution in [0.2, 0.25) is 0 Å². The lowest BCUT2D eigenvalue weighted by Crippen LogP contribution is -2.11. The van der Waals surface area contributed by atoms with Crippen molar-refractivity contribution in [2.75, 3.05) is 11.1 Å². The van der Waals surface area contributed by atoms with E-state index in [9.17, 15) is 0 Å². The Morgan fingerprint density at radius 1 is 1.44 bits per heavy atom. The van der Waals surface area contributed by atoms with Crippen molar-refractivity contribution in [2.24, 2.45) is 0 Å². The summed E-state index contributed by atoms with van der Waals surface area (Å²) in [6.07, 6.45) is 4.49. The molecular formula is C11H14N4S. The van der Waals surface area contributed by atoms with Gasteiger partial charge in [-0.3, -0.25) is 0 Å². The van der Waals surface area contributed by atoms with E-state index in [4.69, 9.17) is 5.73 Å². The maximum atomic E-state index is 5.83. The van der Waals surface area contributed by atoms with Crippen LogP contribution in [0.3, 0.4) is 0 Å². The molecule has 2 rings (SSSR count). The molecule has 0 aromatic carbocycles. The summed E-state index contributed by atoms with van der Waals surface area (Å²) < 4.78 is 0. The average molecular weight is 234 g/mol. The maximum Gasteiger partial charge on any atom is 0.149 e. The number of hydrogen-bond acceptors (Lipinski definition) is 5. The number of nitrogens with zero attached hydrogens (tertiary/aromatic N) is 2. The van der Waals surface area contributed by atoms with Gasteiger partial charge in [0.05, 0.1) is 11.7 Å². The fourth-order valence-corrected chi connectivity index (χ4v) is 2.22. The van der Waals surface area contributed by atoms with Crippen LogP contribution in [0.5, 0.6) is 0 Å². The van der Waals surface area contributed by atoms with Gasteiger partial charge in [-0.05, 0) is 18.6 Å². The zero-order valence-electron chi connectivity index (χ0n) is 9.05. The van der Waals surface area contributed by atoms with Crippen LogP contribution >= 0.6 is 11.3 Å². The lowest BCUT2D eigenvalue weighted by molar-refractivity contribution is 0.738. The van der Waals surface area contributed by atoms with E-state index in [-0.39, 0.29) is 6.04 Å². The first kappa shape index (κ1) is 10.9. The Hall–Kier alpha value is -1.62. The van der Waals surface area contributed by atoms with Crippen LogP contribution in [-0.2, 0) is 0 Å². The number of rotatable bonds is 4. The smallest absolute Gasteiger partial charge is 0.149 e. The first-order valence-corrected chi connectivity index (χ1v) is 6.05. The highest BCUT2D eigenvalue weighted by atomic mass is 32.1. The molecule has 84 valence electrons. The van der Waals surface area contributed by atoms with E-state index in [2.05, 4.69) is 22.2 Å². The Kier molecular flexibility index (Phi) is 3.36. The van der Waals surface area contributed by atoms with Crippen molar-refractivity contribution in [1.82, 2.24) is 9.97 Å². The average Bonchev–Trinajstić information content (AvgIpc) is 2.81. The molecular weight excluding hydrogens is 220 g/mol. The minimum atomic E-state index is 0.178. The number of nitrogens with one attached hydrogen (secondary N) is 1. The Balaban J connectivity index is 2.17. The summed E-state index contributed by atoms with van der Waals surface area (Å²) in [5, 5.41) is 6.35. The molecule has 0 radical (unpaired) electrons. The molecule has 0 fully saturated rings. The number of thiazole rings is 1. The molecule has 2 heterocycles. The number of anilines is 2. The van der Waals surface area contributed by atoms with Crippen molar-refractivity contribution in [1.29, 1.82) is 0 Å². The standard InChI is InChI=1S/C11H14N4S/c1-2-9(11-14-6-7-16-11)15-10-8(12)4-3-5-13-10/h3-7,9H,2,12H2,1H3,(H,13,15). The molecule has 0 aliphatic rings. The number of hydrogen-bond donors (Lipinski definition) is 2. The Morgan fingerprint density at radius 2 is 2.31 bits per heavy atom. The first-order chi connectivity index (χ1) is 7.81. The summed E-state index contributed by atoms with van der Waals surface area (Å²) in [7, 11) is 0. The quantitative estimate of drug-likeness (QED) is 0.853. The summed E-state index contributed by atoms with van der Waals surface area (Å²) >= 11 is 1.64. The minimum absolute atomic E-state index is 0.178. The van der Waals surface area contributed by atoms with Gasteiger partial charge in [-0.15, -0.1) is 11.3 Å². The summed E-state index contributed by atoms with van der Waals surface area (Å²) in [6, 6.07) is 3.84. The van der Waals surface area contributed by atoms with Crippen LogP contribution in [0, 0.1) is 0 Å². The number of nitrogens with two attached hydrogens (primary N) is 1. The van der Waals surface area contributed by atoms with Gasteiger partial charge in [-0.1, -0.05) is 6.92 Å². The van der Waals surface area contributed by atoms with E-state index in [1.165, 1.54) is 0 Å². The molecule has 0 bridgehead atoms. The van der Waals surface area contributed by atoms with Gasteiger partial charge in [0.25, 0.3) is 0 Å². The summed E-state index contributed by atoms with van der Waals surface area (Å²) in [4.78, 5) is 8.52. The van der Waals surface area contributed by atoms with Crippen LogP contribution in [0.4, 0.5) is 11.5 Å². The minimum Gasteiger partial charge on any atom is -0.396 e. The number of aromatic nitrogens is 2. The molecule has 16 heavy (non-hydrogen) atoms. The topological polar surface area (TPSA) is 63.8 Å². The molecule has 1 unspecified atom stereocenters. The molecule has 2 aromatic rings. The van der Waals surface area contributed by atoms with Crippen LogP contribution in [0.1, 0.15) is 24.4 Å². The zero-order valence-corrected chi connectivity index (χ0v) is 9.87. The SMILES string of the molecule is CCC(Nc1ncccc1N)c1nccs1. The van der Waals surface area contributed by atoms with Crippen molar-refractivity contribution in [3.8, 4) is 0 Å². The van der Waals surface area contributed by atoms with Gasteiger partial charge < -0.3 is 11.1 Å². The second kappa shape index (κ2) is 4.94. The van der Waals surface area contributed by atoms with Crippen LogP contribution < -0.4 is 11.1 Å². The molecule has 3 N–H and O–H groups in total. The van der Waals surface area contributed by atoms with Crippen LogP contribution in [0.15, 0.2) is 29.9 Å². The van der Waals surface area contributed by atoms with E-state index in [0.717, 1.165) is 17.2 Å². The van der Waals surface area contributed by atoms with Crippen molar-refractivity contribution in [2.45, 2.75) is 19.4 Å². The lowest BCUT2D eigenvalue weighted by Gasteiger charge is -2.16. The highest BCUT2D eigenvalue weighted by Gasteiger charge is 2.13. The van der Waals surface area contributed by atoms with Crippen molar-refractivity contribution in [3.05, 3.63) is 34.9 Å². The van der Waals surface area contributed by atoms with E-state index >= 15 is 0 Å². The molecule has 4 nitrogen and oxygen atoms in total.